The lowest BCUT2D eigenvalue weighted by Crippen LogP contribution is -2.32. The molecule has 3 rings (SSSR count). The van der Waals surface area contributed by atoms with Gasteiger partial charge in [-0.05, 0) is 37.5 Å². The van der Waals surface area contributed by atoms with Gasteiger partial charge in [0.25, 0.3) is 0 Å². The molecule has 0 radical (unpaired) electrons. The second kappa shape index (κ2) is 5.90. The van der Waals surface area contributed by atoms with Crippen molar-refractivity contribution in [3.8, 4) is 0 Å². The number of hydrogen-bond donors (Lipinski definition) is 0. The van der Waals surface area contributed by atoms with Gasteiger partial charge in [0.1, 0.15) is 11.5 Å². The number of aryl methyl sites for hydroxylation is 1. The molecular formula is C16H17ClN2O2. The van der Waals surface area contributed by atoms with Gasteiger partial charge in [-0.1, -0.05) is 28.9 Å². The first-order chi connectivity index (χ1) is 10.1. The fourth-order valence-electron chi connectivity index (χ4n) is 2.84. The monoisotopic (exact) mass is 304 g/mol. The molecule has 21 heavy (non-hydrogen) atoms. The van der Waals surface area contributed by atoms with Crippen LogP contribution in [0.1, 0.15) is 35.9 Å². The molecular weight excluding hydrogens is 288 g/mol. The van der Waals surface area contributed by atoms with Crippen molar-refractivity contribution >= 4 is 17.5 Å². The van der Waals surface area contributed by atoms with Crippen LogP contribution in [0.5, 0.6) is 0 Å². The first-order valence-corrected chi connectivity index (χ1v) is 7.48. The minimum Gasteiger partial charge on any atom is -0.361 e. The normalized spacial score (nSPS) is 18.2. The van der Waals surface area contributed by atoms with Crippen LogP contribution in [-0.4, -0.2) is 22.5 Å². The van der Waals surface area contributed by atoms with Crippen molar-refractivity contribution in [2.75, 3.05) is 6.54 Å². The van der Waals surface area contributed by atoms with Crippen LogP contribution >= 0.6 is 11.6 Å². The van der Waals surface area contributed by atoms with E-state index in [1.54, 1.807) is 0 Å². The Hall–Kier alpha value is -1.81. The van der Waals surface area contributed by atoms with E-state index in [9.17, 15) is 4.79 Å². The van der Waals surface area contributed by atoms with E-state index in [0.717, 1.165) is 36.4 Å². The number of carbonyl (C=O) groups is 1. The van der Waals surface area contributed by atoms with E-state index in [2.05, 4.69) is 5.16 Å². The number of aromatic nitrogens is 1. The summed E-state index contributed by atoms with van der Waals surface area (Å²) in [4.78, 5) is 14.4. The number of benzene rings is 1. The van der Waals surface area contributed by atoms with Crippen LogP contribution in [0.2, 0.25) is 5.02 Å². The third kappa shape index (κ3) is 3.10. The molecule has 5 heteroatoms. The van der Waals surface area contributed by atoms with Crippen LogP contribution in [-0.2, 0) is 11.2 Å². The number of likely N-dealkylation sites (tertiary alicyclic amines) is 1. The van der Waals surface area contributed by atoms with E-state index >= 15 is 0 Å². The van der Waals surface area contributed by atoms with E-state index < -0.39 is 0 Å². The number of rotatable bonds is 3. The Bertz CT molecular complexity index is 653. The average Bonchev–Trinajstić information content (AvgIpc) is 3.06. The Labute approximate surface area is 128 Å². The van der Waals surface area contributed by atoms with Gasteiger partial charge in [0, 0.05) is 17.6 Å². The van der Waals surface area contributed by atoms with Crippen molar-refractivity contribution in [2.24, 2.45) is 0 Å². The largest absolute Gasteiger partial charge is 0.361 e. The summed E-state index contributed by atoms with van der Waals surface area (Å²) in [6.45, 7) is 2.64. The standard InChI is InChI=1S/C16H17ClN2O2/c1-11-8-14(18-21-11)15-6-3-7-19(15)16(20)10-12-4-2-5-13(17)9-12/h2,4-5,8-9,15H,3,6-7,10H2,1H3. The van der Waals surface area contributed by atoms with Gasteiger partial charge >= 0.3 is 0 Å². The second-order valence-electron chi connectivity index (χ2n) is 5.41. The number of hydrogen-bond acceptors (Lipinski definition) is 3. The molecule has 4 nitrogen and oxygen atoms in total. The zero-order valence-corrected chi connectivity index (χ0v) is 12.6. The summed E-state index contributed by atoms with van der Waals surface area (Å²) in [6, 6.07) is 9.39. The van der Waals surface area contributed by atoms with Gasteiger partial charge < -0.3 is 9.42 Å². The number of halogens is 1. The molecule has 0 aliphatic carbocycles. The molecule has 1 unspecified atom stereocenters. The Balaban J connectivity index is 1.74. The molecule has 0 saturated carbocycles. The van der Waals surface area contributed by atoms with Crippen molar-refractivity contribution < 1.29 is 9.32 Å². The molecule has 1 aliphatic rings. The van der Waals surface area contributed by atoms with Gasteiger partial charge in [0.15, 0.2) is 0 Å². The predicted octanol–water partition coefficient (Wildman–Crippen LogP) is 3.54. The molecule has 1 saturated heterocycles. The Morgan fingerprint density at radius 3 is 3.05 bits per heavy atom. The third-order valence-electron chi connectivity index (χ3n) is 3.81. The maximum absolute atomic E-state index is 12.5. The van der Waals surface area contributed by atoms with Crippen LogP contribution < -0.4 is 0 Å². The summed E-state index contributed by atoms with van der Waals surface area (Å²) in [5, 5.41) is 4.72. The van der Waals surface area contributed by atoms with Crippen molar-refractivity contribution in [2.45, 2.75) is 32.2 Å². The van der Waals surface area contributed by atoms with Gasteiger partial charge in [-0.2, -0.15) is 0 Å². The number of carbonyl (C=O) groups excluding carboxylic acids is 1. The number of amides is 1. The zero-order valence-electron chi connectivity index (χ0n) is 11.9. The Kier molecular flexibility index (Phi) is 3.97. The van der Waals surface area contributed by atoms with E-state index in [0.29, 0.717) is 11.4 Å². The second-order valence-corrected chi connectivity index (χ2v) is 5.85. The maximum atomic E-state index is 12.5. The minimum absolute atomic E-state index is 0.0362. The van der Waals surface area contributed by atoms with Gasteiger partial charge in [-0.3, -0.25) is 4.79 Å². The summed E-state index contributed by atoms with van der Waals surface area (Å²) < 4.78 is 5.13. The SMILES string of the molecule is Cc1cc(C2CCCN2C(=O)Cc2cccc(Cl)c2)no1. The third-order valence-corrected chi connectivity index (χ3v) is 4.04. The molecule has 110 valence electrons. The summed E-state index contributed by atoms with van der Waals surface area (Å²) >= 11 is 5.97. The molecule has 1 aliphatic heterocycles. The van der Waals surface area contributed by atoms with E-state index in [-0.39, 0.29) is 11.9 Å². The maximum Gasteiger partial charge on any atom is 0.227 e. The smallest absolute Gasteiger partial charge is 0.227 e. The summed E-state index contributed by atoms with van der Waals surface area (Å²) in [6.07, 6.45) is 2.30. The highest BCUT2D eigenvalue weighted by molar-refractivity contribution is 6.30. The lowest BCUT2D eigenvalue weighted by molar-refractivity contribution is -0.131. The van der Waals surface area contributed by atoms with Gasteiger partial charge in [0.2, 0.25) is 5.91 Å². The molecule has 0 spiro atoms. The Morgan fingerprint density at radius 1 is 1.48 bits per heavy atom. The van der Waals surface area contributed by atoms with Crippen LogP contribution in [0.25, 0.3) is 0 Å². The van der Waals surface area contributed by atoms with E-state index in [1.807, 2.05) is 42.2 Å². The molecule has 0 bridgehead atoms. The van der Waals surface area contributed by atoms with Crippen molar-refractivity contribution in [1.29, 1.82) is 0 Å². The Morgan fingerprint density at radius 2 is 2.33 bits per heavy atom. The quantitative estimate of drug-likeness (QED) is 0.871. The first kappa shape index (κ1) is 14.1. The van der Waals surface area contributed by atoms with Crippen LogP contribution in [0.15, 0.2) is 34.9 Å². The molecule has 2 aromatic rings. The summed E-state index contributed by atoms with van der Waals surface area (Å²) in [5.74, 6) is 0.888. The van der Waals surface area contributed by atoms with Crippen molar-refractivity contribution in [1.82, 2.24) is 10.1 Å². The number of nitrogens with zero attached hydrogens (tertiary/aromatic N) is 2. The highest BCUT2D eigenvalue weighted by Crippen LogP contribution is 2.32. The lowest BCUT2D eigenvalue weighted by Gasteiger charge is -2.23. The molecule has 1 atom stereocenters. The lowest BCUT2D eigenvalue weighted by atomic mass is 10.1. The van der Waals surface area contributed by atoms with Crippen molar-refractivity contribution in [3.63, 3.8) is 0 Å². The van der Waals surface area contributed by atoms with Crippen molar-refractivity contribution in [3.05, 3.63) is 52.4 Å². The zero-order chi connectivity index (χ0) is 14.8. The summed E-state index contributed by atoms with van der Waals surface area (Å²) in [5.41, 5.74) is 1.79. The molecule has 1 aromatic carbocycles. The predicted molar refractivity (Wildman–Crippen MR) is 80.1 cm³/mol. The van der Waals surface area contributed by atoms with E-state index in [1.165, 1.54) is 0 Å². The highest BCUT2D eigenvalue weighted by atomic mass is 35.5. The van der Waals surface area contributed by atoms with E-state index in [4.69, 9.17) is 16.1 Å². The summed E-state index contributed by atoms with van der Waals surface area (Å²) in [7, 11) is 0. The molecule has 0 N–H and O–H groups in total. The highest BCUT2D eigenvalue weighted by Gasteiger charge is 2.31. The molecule has 2 heterocycles. The average molecular weight is 305 g/mol. The minimum atomic E-state index is 0.0362. The van der Waals surface area contributed by atoms with Gasteiger partial charge in [0.05, 0.1) is 12.5 Å². The molecule has 1 amide bonds. The van der Waals surface area contributed by atoms with Gasteiger partial charge in [-0.25, -0.2) is 0 Å². The molecule has 1 fully saturated rings. The first-order valence-electron chi connectivity index (χ1n) is 7.10. The fourth-order valence-corrected chi connectivity index (χ4v) is 3.05. The van der Waals surface area contributed by atoms with Crippen LogP contribution in [0, 0.1) is 6.92 Å². The van der Waals surface area contributed by atoms with Crippen LogP contribution in [0.3, 0.4) is 0 Å². The van der Waals surface area contributed by atoms with Gasteiger partial charge in [-0.15, -0.1) is 0 Å². The van der Waals surface area contributed by atoms with Crippen LogP contribution in [0.4, 0.5) is 0 Å². The fraction of sp³-hybridized carbons (Fsp3) is 0.375. The topological polar surface area (TPSA) is 46.3 Å². The molecule has 1 aromatic heterocycles.